The molecule has 0 aliphatic carbocycles. The first-order chi connectivity index (χ1) is 4.71. The molecule has 0 unspecified atom stereocenters. The van der Waals surface area contributed by atoms with E-state index in [4.69, 9.17) is 4.55 Å². The second-order valence-corrected chi connectivity index (χ2v) is 2.79. The van der Waals surface area contributed by atoms with Crippen molar-refractivity contribution in [1.29, 1.82) is 0 Å². The van der Waals surface area contributed by atoms with E-state index in [-0.39, 0.29) is 0 Å². The lowest BCUT2D eigenvalue weighted by Crippen LogP contribution is -2.21. The SMILES string of the molecule is C=C.O=S(=O)(O)CC(F)(F)F. The zero-order valence-electron chi connectivity index (χ0n) is 5.43. The van der Waals surface area contributed by atoms with Crippen LogP contribution in [0.25, 0.3) is 0 Å². The summed E-state index contributed by atoms with van der Waals surface area (Å²) in [4.78, 5) is 0. The molecule has 11 heavy (non-hydrogen) atoms. The fourth-order valence-corrected chi connectivity index (χ4v) is 0.620. The van der Waals surface area contributed by atoms with E-state index >= 15 is 0 Å². The van der Waals surface area contributed by atoms with Gasteiger partial charge in [-0.2, -0.15) is 21.6 Å². The van der Waals surface area contributed by atoms with Crippen LogP contribution in [0, 0.1) is 0 Å². The fraction of sp³-hybridized carbons (Fsp3) is 0.500. The minimum absolute atomic E-state index is 2.18. The van der Waals surface area contributed by atoms with Crippen LogP contribution in [0.15, 0.2) is 13.2 Å². The molecule has 0 aliphatic rings. The molecular formula is C4H7F3O3S. The van der Waals surface area contributed by atoms with Crippen LogP contribution in [-0.2, 0) is 10.1 Å². The normalized spacial score (nSPS) is 11.6. The fourth-order valence-electron chi connectivity index (χ4n) is 0.207. The Kier molecular flexibility index (Phi) is 5.16. The van der Waals surface area contributed by atoms with Crippen LogP contribution in [-0.4, -0.2) is 24.9 Å². The third-order valence-corrected chi connectivity index (χ3v) is 1.04. The predicted octanol–water partition coefficient (Wildman–Crippen LogP) is 1.24. The van der Waals surface area contributed by atoms with Gasteiger partial charge in [-0.3, -0.25) is 4.55 Å². The minimum atomic E-state index is -4.91. The maximum absolute atomic E-state index is 11.0. The highest BCUT2D eigenvalue weighted by molar-refractivity contribution is 7.85. The van der Waals surface area contributed by atoms with Crippen molar-refractivity contribution in [1.82, 2.24) is 0 Å². The lowest BCUT2D eigenvalue weighted by Gasteiger charge is -2.00. The molecule has 0 saturated heterocycles. The first-order valence-corrected chi connectivity index (χ1v) is 3.83. The molecule has 0 saturated carbocycles. The van der Waals surface area contributed by atoms with E-state index in [0.29, 0.717) is 0 Å². The van der Waals surface area contributed by atoms with Crippen LogP contribution in [0.3, 0.4) is 0 Å². The van der Waals surface area contributed by atoms with Crippen LogP contribution in [0.2, 0.25) is 0 Å². The van der Waals surface area contributed by atoms with Crippen LogP contribution >= 0.6 is 0 Å². The Morgan fingerprint density at radius 3 is 1.55 bits per heavy atom. The molecule has 0 aliphatic heterocycles. The number of rotatable bonds is 1. The van der Waals surface area contributed by atoms with E-state index in [9.17, 15) is 21.6 Å². The largest absolute Gasteiger partial charge is 0.405 e. The molecule has 0 radical (unpaired) electrons. The van der Waals surface area contributed by atoms with Crippen molar-refractivity contribution in [2.24, 2.45) is 0 Å². The van der Waals surface area contributed by atoms with Gasteiger partial charge in [0.15, 0.2) is 5.75 Å². The van der Waals surface area contributed by atoms with Crippen molar-refractivity contribution in [3.8, 4) is 0 Å². The van der Waals surface area contributed by atoms with Crippen LogP contribution in [0.5, 0.6) is 0 Å². The Morgan fingerprint density at radius 2 is 1.55 bits per heavy atom. The quantitative estimate of drug-likeness (QED) is 0.502. The zero-order chi connectivity index (χ0) is 9.71. The minimum Gasteiger partial charge on any atom is -0.285 e. The molecule has 0 heterocycles. The topological polar surface area (TPSA) is 54.4 Å². The summed E-state index contributed by atoms with van der Waals surface area (Å²) in [5, 5.41) is 0. The number of hydrogen-bond donors (Lipinski definition) is 1. The highest BCUT2D eigenvalue weighted by atomic mass is 32.2. The average Bonchev–Trinajstić information content (AvgIpc) is 1.60. The summed E-state index contributed by atoms with van der Waals surface area (Å²) in [6.07, 6.45) is -4.85. The van der Waals surface area contributed by atoms with E-state index in [1.807, 2.05) is 0 Å². The summed E-state index contributed by atoms with van der Waals surface area (Å²) in [5.74, 6) is -2.18. The van der Waals surface area contributed by atoms with Crippen molar-refractivity contribution in [3.05, 3.63) is 13.2 Å². The Hall–Kier alpha value is -0.560. The molecule has 0 aromatic heterocycles. The van der Waals surface area contributed by atoms with Crippen LogP contribution < -0.4 is 0 Å². The molecule has 0 atom stereocenters. The smallest absolute Gasteiger partial charge is 0.285 e. The first-order valence-electron chi connectivity index (χ1n) is 2.23. The molecule has 1 N–H and O–H groups in total. The van der Waals surface area contributed by atoms with E-state index in [1.165, 1.54) is 0 Å². The van der Waals surface area contributed by atoms with Gasteiger partial charge in [0.2, 0.25) is 0 Å². The van der Waals surface area contributed by atoms with Gasteiger partial charge in [0.1, 0.15) is 0 Å². The summed E-state index contributed by atoms with van der Waals surface area (Å²) in [6, 6.07) is 0. The Bertz CT molecular complexity index is 193. The molecule has 0 bridgehead atoms. The van der Waals surface area contributed by atoms with Crippen LogP contribution in [0.1, 0.15) is 0 Å². The van der Waals surface area contributed by atoms with E-state index in [1.54, 1.807) is 0 Å². The first kappa shape index (κ1) is 13.1. The molecule has 7 heteroatoms. The van der Waals surface area contributed by atoms with Crippen molar-refractivity contribution >= 4 is 10.1 Å². The second kappa shape index (κ2) is 4.35. The van der Waals surface area contributed by atoms with Crippen molar-refractivity contribution in [2.75, 3.05) is 5.75 Å². The van der Waals surface area contributed by atoms with E-state index in [2.05, 4.69) is 13.2 Å². The highest BCUT2D eigenvalue weighted by Crippen LogP contribution is 2.15. The molecule has 0 aromatic rings. The molecule has 0 aromatic carbocycles. The average molecular weight is 192 g/mol. The third kappa shape index (κ3) is 17.7. The van der Waals surface area contributed by atoms with Gasteiger partial charge < -0.3 is 0 Å². The maximum Gasteiger partial charge on any atom is 0.405 e. The second-order valence-electron chi connectivity index (χ2n) is 1.34. The summed E-state index contributed by atoms with van der Waals surface area (Å²) >= 11 is 0. The molecule has 68 valence electrons. The maximum atomic E-state index is 11.0. The van der Waals surface area contributed by atoms with Gasteiger partial charge in [-0.05, 0) is 0 Å². The van der Waals surface area contributed by atoms with E-state index in [0.717, 1.165) is 0 Å². The summed E-state index contributed by atoms with van der Waals surface area (Å²) in [5.41, 5.74) is 0. The lowest BCUT2D eigenvalue weighted by molar-refractivity contribution is -0.107. The van der Waals surface area contributed by atoms with Gasteiger partial charge in [-0.25, -0.2) is 0 Å². The molecule has 0 rings (SSSR count). The monoisotopic (exact) mass is 192 g/mol. The van der Waals surface area contributed by atoms with Gasteiger partial charge >= 0.3 is 6.18 Å². The van der Waals surface area contributed by atoms with Crippen molar-refractivity contribution in [3.63, 3.8) is 0 Å². The molecule has 0 spiro atoms. The Balaban J connectivity index is 0. The molecule has 0 fully saturated rings. The van der Waals surface area contributed by atoms with Gasteiger partial charge in [-0.1, -0.05) is 0 Å². The summed E-state index contributed by atoms with van der Waals surface area (Å²) in [6.45, 7) is 6.00. The zero-order valence-corrected chi connectivity index (χ0v) is 6.24. The standard InChI is InChI=1S/C2H3F3O3S.C2H4/c3-2(4,5)1-9(6,7)8;1-2/h1H2,(H,6,7,8);1-2H2. The van der Waals surface area contributed by atoms with Gasteiger partial charge in [0, 0.05) is 0 Å². The molecular weight excluding hydrogens is 185 g/mol. The van der Waals surface area contributed by atoms with E-state index < -0.39 is 22.0 Å². The Labute approximate surface area is 62.3 Å². The highest BCUT2D eigenvalue weighted by Gasteiger charge is 2.33. The molecule has 0 amide bonds. The number of alkyl halides is 3. The van der Waals surface area contributed by atoms with Crippen molar-refractivity contribution < 1.29 is 26.1 Å². The van der Waals surface area contributed by atoms with Gasteiger partial charge in [0.25, 0.3) is 10.1 Å². The number of hydrogen-bond acceptors (Lipinski definition) is 2. The number of halogens is 3. The van der Waals surface area contributed by atoms with Gasteiger partial charge in [0.05, 0.1) is 0 Å². The Morgan fingerprint density at radius 1 is 1.27 bits per heavy atom. The van der Waals surface area contributed by atoms with Crippen LogP contribution in [0.4, 0.5) is 13.2 Å². The lowest BCUT2D eigenvalue weighted by atomic mass is 10.8. The van der Waals surface area contributed by atoms with Gasteiger partial charge in [-0.15, -0.1) is 13.2 Å². The molecule has 3 nitrogen and oxygen atoms in total. The van der Waals surface area contributed by atoms with Crippen molar-refractivity contribution in [2.45, 2.75) is 6.18 Å². The summed E-state index contributed by atoms with van der Waals surface area (Å²) < 4.78 is 59.6. The predicted molar refractivity (Wildman–Crippen MR) is 33.7 cm³/mol. The third-order valence-electron chi connectivity index (χ3n) is 0.346. The summed E-state index contributed by atoms with van der Waals surface area (Å²) in [7, 11) is -4.91.